The predicted octanol–water partition coefficient (Wildman–Crippen LogP) is 5.99. The summed E-state index contributed by atoms with van der Waals surface area (Å²) >= 11 is 6.10. The zero-order valence-electron chi connectivity index (χ0n) is 18.1. The van der Waals surface area contributed by atoms with Crippen LogP contribution in [0.3, 0.4) is 0 Å². The third-order valence-corrected chi connectivity index (χ3v) is 5.67. The molecule has 1 N–H and O–H groups in total. The molecule has 1 aromatic heterocycles. The van der Waals surface area contributed by atoms with Gasteiger partial charge in [0, 0.05) is 54.4 Å². The predicted molar refractivity (Wildman–Crippen MR) is 131 cm³/mol. The van der Waals surface area contributed by atoms with E-state index in [1.165, 1.54) is 12.8 Å². The third-order valence-electron chi connectivity index (χ3n) is 5.42. The van der Waals surface area contributed by atoms with Gasteiger partial charge in [0.05, 0.1) is 0 Å². The van der Waals surface area contributed by atoms with E-state index in [0.717, 1.165) is 46.2 Å². The maximum absolute atomic E-state index is 6.10. The molecule has 2 aromatic rings. The number of hydrogen-bond acceptors (Lipinski definition) is 4. The normalized spacial score (nSPS) is 17.3. The van der Waals surface area contributed by atoms with Crippen LogP contribution in [0.5, 0.6) is 0 Å². The van der Waals surface area contributed by atoms with Crippen molar-refractivity contribution in [2.24, 2.45) is 4.99 Å². The van der Waals surface area contributed by atoms with Crippen LogP contribution in [0.2, 0.25) is 5.02 Å². The van der Waals surface area contributed by atoms with Crippen LogP contribution in [-0.2, 0) is 0 Å². The molecule has 158 valence electrons. The largest absolute Gasteiger partial charge is 0.352 e. The van der Waals surface area contributed by atoms with Crippen LogP contribution in [0.4, 0.5) is 5.82 Å². The summed E-state index contributed by atoms with van der Waals surface area (Å²) in [6.45, 7) is 12.2. The van der Waals surface area contributed by atoms with Gasteiger partial charge in [-0.15, -0.1) is 0 Å². The molecular weight excluding hydrogens is 392 g/mol. The van der Waals surface area contributed by atoms with Gasteiger partial charge < -0.3 is 10.2 Å². The van der Waals surface area contributed by atoms with Gasteiger partial charge in [0.1, 0.15) is 5.82 Å². The fourth-order valence-corrected chi connectivity index (χ4v) is 3.94. The summed E-state index contributed by atoms with van der Waals surface area (Å²) in [6.07, 6.45) is 9.71. The molecule has 1 aliphatic rings. The molecule has 0 unspecified atom stereocenters. The molecule has 0 bridgehead atoms. The van der Waals surface area contributed by atoms with Crippen molar-refractivity contribution in [3.05, 3.63) is 66.0 Å². The minimum Gasteiger partial charge on any atom is -0.352 e. The van der Waals surface area contributed by atoms with Crippen molar-refractivity contribution in [2.75, 3.05) is 18.0 Å². The fraction of sp³-hybridized carbons (Fsp3) is 0.360. The second-order valence-electron chi connectivity index (χ2n) is 7.98. The first-order valence-electron chi connectivity index (χ1n) is 10.6. The van der Waals surface area contributed by atoms with Gasteiger partial charge >= 0.3 is 0 Å². The number of hydrogen-bond donors (Lipinski definition) is 1. The lowest BCUT2D eigenvalue weighted by Gasteiger charge is -2.28. The van der Waals surface area contributed by atoms with Gasteiger partial charge in [0.25, 0.3) is 0 Å². The molecule has 4 nitrogen and oxygen atoms in total. The van der Waals surface area contributed by atoms with Gasteiger partial charge in [0.15, 0.2) is 0 Å². The number of nitrogens with one attached hydrogen (secondary N) is 1. The monoisotopic (exact) mass is 422 g/mol. The first-order chi connectivity index (χ1) is 14.5. The summed E-state index contributed by atoms with van der Waals surface area (Å²) in [7, 11) is 0. The average Bonchev–Trinajstić information content (AvgIpc) is 3.21. The second kappa shape index (κ2) is 10.6. The molecule has 1 aromatic carbocycles. The number of halogens is 1. The molecule has 0 saturated carbocycles. The smallest absolute Gasteiger partial charge is 0.129 e. The SMILES string of the molecule is C=CN=C/C=C(\C)c1cc(N2CCC[C@@H]2CNC(C)C)ncc1-c1ccc(Cl)cc1. The second-order valence-corrected chi connectivity index (χ2v) is 8.41. The fourth-order valence-electron chi connectivity index (χ4n) is 3.81. The number of rotatable bonds is 8. The van der Waals surface area contributed by atoms with Gasteiger partial charge in [-0.1, -0.05) is 44.2 Å². The van der Waals surface area contributed by atoms with Crippen molar-refractivity contribution in [2.45, 2.75) is 45.7 Å². The Labute approximate surface area is 185 Å². The maximum atomic E-state index is 6.10. The summed E-state index contributed by atoms with van der Waals surface area (Å²) < 4.78 is 0. The van der Waals surface area contributed by atoms with E-state index in [1.807, 2.05) is 36.5 Å². The molecule has 5 heteroatoms. The molecule has 0 aliphatic carbocycles. The highest BCUT2D eigenvalue weighted by atomic mass is 35.5. The molecular formula is C25H31ClN4. The Morgan fingerprint density at radius 2 is 2.13 bits per heavy atom. The minimum absolute atomic E-state index is 0.473. The number of aliphatic imine (C=N–C) groups is 1. The van der Waals surface area contributed by atoms with E-state index in [2.05, 4.69) is 48.6 Å². The topological polar surface area (TPSA) is 40.5 Å². The van der Waals surface area contributed by atoms with Crippen molar-refractivity contribution >= 4 is 29.2 Å². The molecule has 1 atom stereocenters. The molecule has 30 heavy (non-hydrogen) atoms. The van der Waals surface area contributed by atoms with Gasteiger partial charge in [-0.05, 0) is 60.7 Å². The van der Waals surface area contributed by atoms with Crippen LogP contribution >= 0.6 is 11.6 Å². The Morgan fingerprint density at radius 3 is 2.83 bits per heavy atom. The van der Waals surface area contributed by atoms with Crippen molar-refractivity contribution in [3.8, 4) is 11.1 Å². The molecule has 0 spiro atoms. The average molecular weight is 423 g/mol. The minimum atomic E-state index is 0.473. The number of pyridine rings is 1. The zero-order chi connectivity index (χ0) is 21.5. The summed E-state index contributed by atoms with van der Waals surface area (Å²) in [5.74, 6) is 1.03. The van der Waals surface area contributed by atoms with E-state index in [9.17, 15) is 0 Å². The maximum Gasteiger partial charge on any atom is 0.129 e. The van der Waals surface area contributed by atoms with Crippen LogP contribution in [0, 0.1) is 0 Å². The molecule has 3 rings (SSSR count). The van der Waals surface area contributed by atoms with E-state index in [1.54, 1.807) is 12.4 Å². The number of allylic oxidation sites excluding steroid dienone is 2. The highest BCUT2D eigenvalue weighted by Gasteiger charge is 2.26. The molecule has 0 amide bonds. The summed E-state index contributed by atoms with van der Waals surface area (Å²) in [5.41, 5.74) is 4.47. The first-order valence-corrected chi connectivity index (χ1v) is 10.9. The lowest BCUT2D eigenvalue weighted by atomic mass is 9.96. The van der Waals surface area contributed by atoms with E-state index in [0.29, 0.717) is 12.1 Å². The van der Waals surface area contributed by atoms with Gasteiger partial charge in [-0.3, -0.25) is 4.99 Å². The Kier molecular flexibility index (Phi) is 7.83. The van der Waals surface area contributed by atoms with Crippen molar-refractivity contribution < 1.29 is 0 Å². The van der Waals surface area contributed by atoms with E-state index in [-0.39, 0.29) is 0 Å². The van der Waals surface area contributed by atoms with Gasteiger partial charge in [-0.2, -0.15) is 0 Å². The van der Waals surface area contributed by atoms with Gasteiger partial charge in [-0.25, -0.2) is 4.98 Å². The van der Waals surface area contributed by atoms with E-state index >= 15 is 0 Å². The quantitative estimate of drug-likeness (QED) is 0.531. The molecule has 1 saturated heterocycles. The lowest BCUT2D eigenvalue weighted by molar-refractivity contribution is 0.522. The van der Waals surface area contributed by atoms with Crippen LogP contribution in [0.25, 0.3) is 16.7 Å². The third kappa shape index (κ3) is 5.59. The Hall–Kier alpha value is -2.43. The Balaban J connectivity index is 1.99. The number of benzene rings is 1. The van der Waals surface area contributed by atoms with Crippen molar-refractivity contribution in [3.63, 3.8) is 0 Å². The molecule has 1 fully saturated rings. The molecule has 2 heterocycles. The highest BCUT2D eigenvalue weighted by molar-refractivity contribution is 6.30. The van der Waals surface area contributed by atoms with Gasteiger partial charge in [0.2, 0.25) is 0 Å². The first kappa shape index (κ1) is 22.3. The van der Waals surface area contributed by atoms with E-state index in [4.69, 9.17) is 16.6 Å². The highest BCUT2D eigenvalue weighted by Crippen LogP contribution is 2.33. The van der Waals surface area contributed by atoms with Crippen LogP contribution in [0.15, 0.2) is 60.4 Å². The van der Waals surface area contributed by atoms with Crippen molar-refractivity contribution in [1.29, 1.82) is 0 Å². The summed E-state index contributed by atoms with van der Waals surface area (Å²) in [4.78, 5) is 11.4. The van der Waals surface area contributed by atoms with Crippen LogP contribution in [-0.4, -0.2) is 36.4 Å². The van der Waals surface area contributed by atoms with Crippen LogP contribution in [0.1, 0.15) is 39.2 Å². The summed E-state index contributed by atoms with van der Waals surface area (Å²) in [6, 6.07) is 11.1. The number of anilines is 1. The number of aromatic nitrogens is 1. The van der Waals surface area contributed by atoms with Crippen LogP contribution < -0.4 is 10.2 Å². The van der Waals surface area contributed by atoms with E-state index < -0.39 is 0 Å². The molecule has 0 radical (unpaired) electrons. The Morgan fingerprint density at radius 1 is 1.37 bits per heavy atom. The molecule has 1 aliphatic heterocycles. The Bertz CT molecular complexity index is 915. The standard InChI is InChI=1S/C25H31ClN4/c1-5-27-13-12-19(4)23-15-25(30-14-6-7-22(30)16-28-18(2)3)29-17-24(23)20-8-10-21(26)11-9-20/h5,8-13,15,17-18,22,28H,1,6-7,14,16H2,2-4H3/b19-12+,27-13?/t22-/m1/s1. The summed E-state index contributed by atoms with van der Waals surface area (Å²) in [5, 5.41) is 4.31. The zero-order valence-corrected chi connectivity index (χ0v) is 18.9. The lowest BCUT2D eigenvalue weighted by Crippen LogP contribution is -2.40. The number of nitrogens with zero attached hydrogens (tertiary/aromatic N) is 3. The van der Waals surface area contributed by atoms with Crippen molar-refractivity contribution in [1.82, 2.24) is 10.3 Å².